The molecule has 0 atom stereocenters. The van der Waals surface area contributed by atoms with Crippen LogP contribution in [0.25, 0.3) is 21.8 Å². The van der Waals surface area contributed by atoms with Crippen LogP contribution < -0.4 is 0 Å². The largest absolute Gasteiger partial charge is 0.354 e. The molecule has 1 nitrogen and oxygen atoms in total. The van der Waals surface area contributed by atoms with E-state index in [4.69, 9.17) is 0 Å². The molecule has 0 spiro atoms. The van der Waals surface area contributed by atoms with Gasteiger partial charge in [0, 0.05) is 26.3 Å². The summed E-state index contributed by atoms with van der Waals surface area (Å²) in [4.78, 5) is 3.56. The molecule has 0 aliphatic carbocycles. The maximum absolute atomic E-state index is 3.56. The minimum absolute atomic E-state index is 0.675. The van der Waals surface area contributed by atoms with Gasteiger partial charge in [0.25, 0.3) is 0 Å². The van der Waals surface area contributed by atoms with Crippen LogP contribution in [0.3, 0.4) is 0 Å². The first-order valence-corrected chi connectivity index (χ1v) is 7.13. The zero-order chi connectivity index (χ0) is 12.7. The van der Waals surface area contributed by atoms with Crippen LogP contribution in [-0.2, 0) is 6.42 Å². The lowest BCUT2D eigenvalue weighted by atomic mass is 10.0. The molecule has 0 saturated carbocycles. The summed E-state index contributed by atoms with van der Waals surface area (Å²) in [5, 5.41) is 2.62. The Morgan fingerprint density at radius 1 is 1.11 bits per heavy atom. The van der Waals surface area contributed by atoms with Crippen molar-refractivity contribution in [2.45, 2.75) is 20.3 Å². The van der Waals surface area contributed by atoms with Crippen molar-refractivity contribution in [1.82, 2.24) is 4.98 Å². The molecule has 0 unspecified atom stereocenters. The second-order valence-corrected chi connectivity index (χ2v) is 6.17. The lowest BCUT2D eigenvalue weighted by Crippen LogP contribution is -1.94. The van der Waals surface area contributed by atoms with E-state index in [0.717, 1.165) is 10.9 Å². The number of hydrogen-bond donors (Lipinski definition) is 1. The van der Waals surface area contributed by atoms with Gasteiger partial charge in [-0.1, -0.05) is 48.0 Å². The second-order valence-electron chi connectivity index (χ2n) is 5.25. The van der Waals surface area contributed by atoms with Gasteiger partial charge in [-0.2, -0.15) is 0 Å². The third kappa shape index (κ3) is 1.95. The molecular weight excluding hydrogens is 286 g/mol. The Kier molecular flexibility index (Phi) is 2.90. The van der Waals surface area contributed by atoms with Crippen LogP contribution in [0.1, 0.15) is 19.4 Å². The van der Waals surface area contributed by atoms with Crippen molar-refractivity contribution in [2.75, 3.05) is 0 Å². The maximum atomic E-state index is 3.56. The monoisotopic (exact) mass is 301 g/mol. The van der Waals surface area contributed by atoms with Crippen molar-refractivity contribution in [3.63, 3.8) is 0 Å². The minimum Gasteiger partial charge on any atom is -0.354 e. The number of hydrogen-bond acceptors (Lipinski definition) is 0. The highest BCUT2D eigenvalue weighted by Crippen LogP contribution is 2.30. The molecular formula is C16H16BrN. The van der Waals surface area contributed by atoms with Gasteiger partial charge in [0.15, 0.2) is 0 Å². The molecule has 2 aromatic carbocycles. The Hall–Kier alpha value is -1.28. The Morgan fingerprint density at radius 2 is 1.94 bits per heavy atom. The fraction of sp³-hybridized carbons (Fsp3) is 0.250. The van der Waals surface area contributed by atoms with Crippen molar-refractivity contribution < 1.29 is 0 Å². The molecule has 1 N–H and O–H groups in total. The SMILES string of the molecule is CC(C)Cc1cccc2c1[nH]c1ccc(Br)cc12. The smallest absolute Gasteiger partial charge is 0.0497 e. The summed E-state index contributed by atoms with van der Waals surface area (Å²) in [5.74, 6) is 0.675. The topological polar surface area (TPSA) is 15.8 Å². The zero-order valence-corrected chi connectivity index (χ0v) is 12.2. The molecule has 1 heterocycles. The van der Waals surface area contributed by atoms with E-state index < -0.39 is 0 Å². The summed E-state index contributed by atoms with van der Waals surface area (Å²) < 4.78 is 1.13. The molecule has 0 aliphatic rings. The average Bonchev–Trinajstić information content (AvgIpc) is 2.68. The maximum Gasteiger partial charge on any atom is 0.0497 e. The van der Waals surface area contributed by atoms with Gasteiger partial charge >= 0.3 is 0 Å². The number of aromatic nitrogens is 1. The van der Waals surface area contributed by atoms with Gasteiger partial charge in [0.2, 0.25) is 0 Å². The summed E-state index contributed by atoms with van der Waals surface area (Å²) in [6.07, 6.45) is 1.12. The molecule has 18 heavy (non-hydrogen) atoms. The molecule has 0 saturated heterocycles. The van der Waals surface area contributed by atoms with Crippen molar-refractivity contribution in [2.24, 2.45) is 5.92 Å². The number of fused-ring (bicyclic) bond motifs is 3. The van der Waals surface area contributed by atoms with Gasteiger partial charge in [-0.15, -0.1) is 0 Å². The molecule has 1 aromatic heterocycles. The second kappa shape index (κ2) is 4.43. The van der Waals surface area contributed by atoms with Gasteiger partial charge in [-0.05, 0) is 36.1 Å². The van der Waals surface area contributed by atoms with Gasteiger partial charge < -0.3 is 4.98 Å². The molecule has 0 radical (unpaired) electrons. The fourth-order valence-corrected chi connectivity index (χ4v) is 2.93. The summed E-state index contributed by atoms with van der Waals surface area (Å²) in [5.41, 5.74) is 3.92. The molecule has 92 valence electrons. The lowest BCUT2D eigenvalue weighted by Gasteiger charge is -2.05. The molecule has 0 aliphatic heterocycles. The van der Waals surface area contributed by atoms with Crippen LogP contribution in [0.15, 0.2) is 40.9 Å². The van der Waals surface area contributed by atoms with E-state index in [1.165, 1.54) is 27.4 Å². The molecule has 0 amide bonds. The van der Waals surface area contributed by atoms with E-state index in [1.807, 2.05) is 0 Å². The first-order chi connectivity index (χ1) is 8.65. The third-order valence-electron chi connectivity index (χ3n) is 3.31. The molecule has 0 bridgehead atoms. The van der Waals surface area contributed by atoms with E-state index in [1.54, 1.807) is 0 Å². The highest BCUT2D eigenvalue weighted by atomic mass is 79.9. The van der Waals surface area contributed by atoms with E-state index in [2.05, 4.69) is 71.2 Å². The van der Waals surface area contributed by atoms with E-state index >= 15 is 0 Å². The van der Waals surface area contributed by atoms with Crippen LogP contribution in [0.2, 0.25) is 0 Å². The van der Waals surface area contributed by atoms with Crippen LogP contribution in [0.4, 0.5) is 0 Å². The van der Waals surface area contributed by atoms with Gasteiger partial charge in [0.1, 0.15) is 0 Å². The fourth-order valence-electron chi connectivity index (χ4n) is 2.57. The first-order valence-electron chi connectivity index (χ1n) is 6.34. The van der Waals surface area contributed by atoms with Gasteiger partial charge in [-0.25, -0.2) is 0 Å². The Balaban J connectivity index is 2.32. The van der Waals surface area contributed by atoms with Crippen molar-refractivity contribution in [3.05, 3.63) is 46.4 Å². The molecule has 3 aromatic rings. The standard InChI is InChI=1S/C16H16BrN/c1-10(2)8-11-4-3-5-13-14-9-12(17)6-7-15(14)18-16(11)13/h3-7,9-10,18H,8H2,1-2H3. The number of aromatic amines is 1. The number of halogens is 1. The van der Waals surface area contributed by atoms with Crippen molar-refractivity contribution in [3.8, 4) is 0 Å². The van der Waals surface area contributed by atoms with Crippen molar-refractivity contribution in [1.29, 1.82) is 0 Å². The number of benzene rings is 2. The molecule has 0 fully saturated rings. The van der Waals surface area contributed by atoms with Crippen LogP contribution >= 0.6 is 15.9 Å². The first kappa shape index (κ1) is 11.8. The zero-order valence-electron chi connectivity index (χ0n) is 10.6. The number of rotatable bonds is 2. The summed E-state index contributed by atoms with van der Waals surface area (Å²) in [7, 11) is 0. The van der Waals surface area contributed by atoms with Crippen LogP contribution in [0.5, 0.6) is 0 Å². The number of H-pyrrole nitrogens is 1. The summed E-state index contributed by atoms with van der Waals surface area (Å²) in [6.45, 7) is 4.52. The third-order valence-corrected chi connectivity index (χ3v) is 3.80. The summed E-state index contributed by atoms with van der Waals surface area (Å²) >= 11 is 3.55. The predicted molar refractivity (Wildman–Crippen MR) is 82.0 cm³/mol. The van der Waals surface area contributed by atoms with E-state index in [-0.39, 0.29) is 0 Å². The van der Waals surface area contributed by atoms with Crippen LogP contribution in [0, 0.1) is 5.92 Å². The average molecular weight is 302 g/mol. The molecule has 2 heteroatoms. The van der Waals surface area contributed by atoms with E-state index in [0.29, 0.717) is 5.92 Å². The lowest BCUT2D eigenvalue weighted by molar-refractivity contribution is 0.649. The molecule has 3 rings (SSSR count). The van der Waals surface area contributed by atoms with Crippen molar-refractivity contribution >= 4 is 37.7 Å². The number of para-hydroxylation sites is 1. The van der Waals surface area contributed by atoms with Gasteiger partial charge in [0.05, 0.1) is 0 Å². The number of nitrogens with one attached hydrogen (secondary N) is 1. The Morgan fingerprint density at radius 3 is 2.72 bits per heavy atom. The Bertz CT molecular complexity index is 710. The summed E-state index contributed by atoms with van der Waals surface area (Å²) in [6, 6.07) is 13.0. The van der Waals surface area contributed by atoms with Gasteiger partial charge in [-0.3, -0.25) is 0 Å². The van der Waals surface area contributed by atoms with Crippen LogP contribution in [-0.4, -0.2) is 4.98 Å². The minimum atomic E-state index is 0.675. The normalized spacial score (nSPS) is 11.8. The highest BCUT2D eigenvalue weighted by molar-refractivity contribution is 9.10. The highest BCUT2D eigenvalue weighted by Gasteiger charge is 2.09. The van der Waals surface area contributed by atoms with E-state index in [9.17, 15) is 0 Å². The Labute approximate surface area is 115 Å². The predicted octanol–water partition coefficient (Wildman–Crippen LogP) is 5.28. The quantitative estimate of drug-likeness (QED) is 0.662.